The van der Waals surface area contributed by atoms with Gasteiger partial charge in [-0.25, -0.2) is 0 Å². The van der Waals surface area contributed by atoms with E-state index in [0.29, 0.717) is 0 Å². The molecule has 1 amide bonds. The van der Waals surface area contributed by atoms with Crippen LogP contribution in [-0.2, 0) is 11.2 Å². The Balaban J connectivity index is 1.84. The summed E-state index contributed by atoms with van der Waals surface area (Å²) >= 11 is 1.62. The first kappa shape index (κ1) is 10.5. The third-order valence-corrected chi connectivity index (χ3v) is 4.22. The fraction of sp³-hybridized carbons (Fsp3) is 0.250. The highest BCUT2D eigenvalue weighted by molar-refractivity contribution is 8.01. The van der Waals surface area contributed by atoms with Crippen LogP contribution in [0.3, 0.4) is 0 Å². The van der Waals surface area contributed by atoms with Gasteiger partial charge in [-0.2, -0.15) is 10.2 Å². The van der Waals surface area contributed by atoms with E-state index in [-0.39, 0.29) is 11.2 Å². The molecule has 1 unspecified atom stereocenters. The van der Waals surface area contributed by atoms with Crippen molar-refractivity contribution in [2.24, 2.45) is 0 Å². The van der Waals surface area contributed by atoms with Crippen LogP contribution >= 0.6 is 11.8 Å². The number of nitrogens with zero attached hydrogens (tertiary/aromatic N) is 2. The molecule has 4 nitrogen and oxygen atoms in total. The maximum absolute atomic E-state index is 11.9. The van der Waals surface area contributed by atoms with E-state index in [1.54, 1.807) is 18.0 Å². The third kappa shape index (κ3) is 1.86. The predicted molar refractivity (Wildman–Crippen MR) is 67.2 cm³/mol. The van der Waals surface area contributed by atoms with E-state index >= 15 is 0 Å². The lowest BCUT2D eigenvalue weighted by Crippen LogP contribution is -2.38. The molecule has 0 radical (unpaired) electrons. The van der Waals surface area contributed by atoms with Crippen LogP contribution in [0.5, 0.6) is 0 Å². The standard InChI is InChI=1S/C12H11N3OS/c1-7-6-17-11(12(16)14-7)9-4-8-2-3-13-15-10(8)5-9/h2-3,5,11H,1,4,6H2,(H,14,16). The molecule has 1 aromatic heterocycles. The fourth-order valence-electron chi connectivity index (χ4n) is 2.07. The van der Waals surface area contributed by atoms with Crippen molar-refractivity contribution in [1.29, 1.82) is 0 Å². The van der Waals surface area contributed by atoms with Crippen LogP contribution in [0, 0.1) is 0 Å². The molecular formula is C12H11N3OS. The number of hydrogen-bond acceptors (Lipinski definition) is 4. The third-order valence-electron chi connectivity index (χ3n) is 2.85. The fourth-order valence-corrected chi connectivity index (χ4v) is 3.08. The van der Waals surface area contributed by atoms with Gasteiger partial charge < -0.3 is 5.32 Å². The summed E-state index contributed by atoms with van der Waals surface area (Å²) in [7, 11) is 0. The summed E-state index contributed by atoms with van der Waals surface area (Å²) in [5, 5.41) is 10.6. The largest absolute Gasteiger partial charge is 0.328 e. The molecule has 1 fully saturated rings. The van der Waals surface area contributed by atoms with E-state index in [4.69, 9.17) is 0 Å². The van der Waals surface area contributed by atoms with Crippen LogP contribution in [0.15, 0.2) is 30.1 Å². The number of amides is 1. The van der Waals surface area contributed by atoms with Gasteiger partial charge >= 0.3 is 0 Å². The lowest BCUT2D eigenvalue weighted by molar-refractivity contribution is -0.119. The monoisotopic (exact) mass is 245 g/mol. The van der Waals surface area contributed by atoms with E-state index in [1.165, 1.54) is 0 Å². The summed E-state index contributed by atoms with van der Waals surface area (Å²) in [4.78, 5) is 11.9. The molecule has 1 aromatic rings. The van der Waals surface area contributed by atoms with Gasteiger partial charge in [-0.3, -0.25) is 4.79 Å². The van der Waals surface area contributed by atoms with Crippen LogP contribution in [0.4, 0.5) is 0 Å². The van der Waals surface area contributed by atoms with Crippen molar-refractivity contribution in [1.82, 2.24) is 15.5 Å². The van der Waals surface area contributed by atoms with E-state index in [9.17, 15) is 4.79 Å². The van der Waals surface area contributed by atoms with Crippen LogP contribution in [0.1, 0.15) is 11.3 Å². The first-order chi connectivity index (χ1) is 8.24. The molecule has 0 aromatic carbocycles. The highest BCUT2D eigenvalue weighted by Gasteiger charge is 2.30. The number of nitrogens with one attached hydrogen (secondary N) is 1. The average Bonchev–Trinajstić information content (AvgIpc) is 2.72. The van der Waals surface area contributed by atoms with Gasteiger partial charge in [-0.15, -0.1) is 11.8 Å². The predicted octanol–water partition coefficient (Wildman–Crippen LogP) is 1.16. The normalized spacial score (nSPS) is 23.1. The van der Waals surface area contributed by atoms with Crippen molar-refractivity contribution >= 4 is 23.7 Å². The zero-order valence-corrected chi connectivity index (χ0v) is 9.96. The molecule has 1 saturated heterocycles. The number of aromatic nitrogens is 2. The van der Waals surface area contributed by atoms with Crippen molar-refractivity contribution in [3.63, 3.8) is 0 Å². The highest BCUT2D eigenvalue weighted by atomic mass is 32.2. The van der Waals surface area contributed by atoms with Gasteiger partial charge in [0.2, 0.25) is 5.91 Å². The Labute approximate surface area is 103 Å². The number of rotatable bonds is 1. The molecule has 1 aliphatic heterocycles. The Morgan fingerprint density at radius 1 is 1.53 bits per heavy atom. The Kier molecular flexibility index (Phi) is 2.48. The maximum atomic E-state index is 11.9. The number of hydrogen-bond donors (Lipinski definition) is 1. The van der Waals surface area contributed by atoms with E-state index in [1.807, 2.05) is 12.1 Å². The zero-order valence-electron chi connectivity index (χ0n) is 9.14. The average molecular weight is 245 g/mol. The molecule has 3 rings (SSSR count). The minimum Gasteiger partial charge on any atom is -0.328 e. The second kappa shape index (κ2) is 4.00. The second-order valence-corrected chi connectivity index (χ2v) is 5.21. The number of fused-ring (bicyclic) bond motifs is 1. The molecule has 0 bridgehead atoms. The topological polar surface area (TPSA) is 54.9 Å². The van der Waals surface area contributed by atoms with Crippen molar-refractivity contribution in [3.8, 4) is 0 Å². The molecule has 5 heteroatoms. The quantitative estimate of drug-likeness (QED) is 0.806. The van der Waals surface area contributed by atoms with Gasteiger partial charge in [0.1, 0.15) is 5.25 Å². The molecule has 0 saturated carbocycles. The van der Waals surface area contributed by atoms with E-state index in [0.717, 1.165) is 34.7 Å². The molecule has 1 atom stereocenters. The minimum absolute atomic E-state index is 0.0262. The summed E-state index contributed by atoms with van der Waals surface area (Å²) in [5.74, 6) is 0.800. The summed E-state index contributed by atoms with van der Waals surface area (Å²) in [6.07, 6.45) is 4.46. The molecule has 2 heterocycles. The summed E-state index contributed by atoms with van der Waals surface area (Å²) < 4.78 is 0. The Bertz CT molecular complexity index is 538. The molecule has 17 heavy (non-hydrogen) atoms. The lowest BCUT2D eigenvalue weighted by Gasteiger charge is -2.23. The van der Waals surface area contributed by atoms with E-state index in [2.05, 4.69) is 22.1 Å². The van der Waals surface area contributed by atoms with Crippen LogP contribution in [0.2, 0.25) is 0 Å². The van der Waals surface area contributed by atoms with Crippen molar-refractivity contribution in [2.45, 2.75) is 11.7 Å². The maximum Gasteiger partial charge on any atom is 0.241 e. The van der Waals surface area contributed by atoms with Crippen molar-refractivity contribution in [2.75, 3.05) is 5.75 Å². The summed E-state index contributed by atoms with van der Waals surface area (Å²) in [6, 6.07) is 1.95. The molecule has 1 aliphatic carbocycles. The van der Waals surface area contributed by atoms with Crippen molar-refractivity contribution < 1.29 is 4.79 Å². The van der Waals surface area contributed by atoms with Crippen molar-refractivity contribution in [3.05, 3.63) is 41.4 Å². The molecule has 2 aliphatic rings. The van der Waals surface area contributed by atoms with Crippen LogP contribution in [0.25, 0.3) is 6.08 Å². The first-order valence-electron chi connectivity index (χ1n) is 5.35. The lowest BCUT2D eigenvalue weighted by atomic mass is 10.1. The van der Waals surface area contributed by atoms with Gasteiger partial charge in [0, 0.05) is 17.6 Å². The molecular weight excluding hydrogens is 234 g/mol. The van der Waals surface area contributed by atoms with Gasteiger partial charge in [-0.1, -0.05) is 6.58 Å². The summed E-state index contributed by atoms with van der Waals surface area (Å²) in [5.41, 5.74) is 3.93. The Morgan fingerprint density at radius 3 is 3.18 bits per heavy atom. The molecule has 86 valence electrons. The number of carbonyl (C=O) groups excluding carboxylic acids is 1. The van der Waals surface area contributed by atoms with Crippen LogP contribution in [-0.4, -0.2) is 27.1 Å². The van der Waals surface area contributed by atoms with E-state index < -0.39 is 0 Å². The SMILES string of the molecule is C=C1CSC(C2=Cc3nnccc3C2)C(=O)N1. The first-order valence-corrected chi connectivity index (χ1v) is 6.40. The minimum atomic E-state index is -0.116. The Hall–Kier alpha value is -1.62. The number of carbonyl (C=O) groups is 1. The van der Waals surface area contributed by atoms with Gasteiger partial charge in [0.25, 0.3) is 0 Å². The number of thioether (sulfide) groups is 1. The zero-order chi connectivity index (χ0) is 11.8. The molecule has 0 spiro atoms. The van der Waals surface area contributed by atoms with Gasteiger partial charge in [0.15, 0.2) is 0 Å². The Morgan fingerprint density at radius 2 is 2.41 bits per heavy atom. The summed E-state index contributed by atoms with van der Waals surface area (Å²) in [6.45, 7) is 3.77. The van der Waals surface area contributed by atoms with Gasteiger partial charge in [0.05, 0.1) is 5.69 Å². The van der Waals surface area contributed by atoms with Crippen LogP contribution < -0.4 is 5.32 Å². The molecule has 1 N–H and O–H groups in total. The van der Waals surface area contributed by atoms with Gasteiger partial charge in [-0.05, 0) is 29.7 Å². The highest BCUT2D eigenvalue weighted by Crippen LogP contribution is 2.33. The smallest absolute Gasteiger partial charge is 0.241 e. The second-order valence-electron chi connectivity index (χ2n) is 4.12.